The van der Waals surface area contributed by atoms with Gasteiger partial charge in [-0.2, -0.15) is 9.67 Å². The molecule has 0 saturated heterocycles. The number of nitrogens with zero attached hydrogens (tertiary/aromatic N) is 4. The van der Waals surface area contributed by atoms with E-state index in [0.717, 1.165) is 10.2 Å². The molecule has 9 heteroatoms. The van der Waals surface area contributed by atoms with Crippen molar-refractivity contribution in [2.24, 2.45) is 0 Å². The maximum absolute atomic E-state index is 11.8. The van der Waals surface area contributed by atoms with Crippen LogP contribution >= 0.6 is 11.6 Å². The van der Waals surface area contributed by atoms with Gasteiger partial charge in [-0.05, 0) is 36.4 Å². The predicted molar refractivity (Wildman–Crippen MR) is 82.3 cm³/mol. The molecule has 4 rings (SSSR count). The summed E-state index contributed by atoms with van der Waals surface area (Å²) in [7, 11) is 0. The summed E-state index contributed by atoms with van der Waals surface area (Å²) in [4.78, 5) is 16.1. The molecule has 1 aromatic carbocycles. The van der Waals surface area contributed by atoms with Crippen molar-refractivity contribution in [2.45, 2.75) is 6.54 Å². The maximum atomic E-state index is 11.8. The van der Waals surface area contributed by atoms with Crippen molar-refractivity contribution in [3.8, 4) is 23.0 Å². The van der Waals surface area contributed by atoms with E-state index in [0.29, 0.717) is 16.6 Å². The van der Waals surface area contributed by atoms with E-state index in [9.17, 15) is 4.79 Å². The van der Waals surface area contributed by atoms with Gasteiger partial charge < -0.3 is 13.4 Å². The molecule has 0 aliphatic rings. The Morgan fingerprint density at radius 2 is 2.00 bits per heavy atom. The van der Waals surface area contributed by atoms with E-state index in [2.05, 4.69) is 15.2 Å². The Labute approximate surface area is 139 Å². The molecule has 0 amide bonds. The molecule has 0 aliphatic heterocycles. The molecule has 24 heavy (non-hydrogen) atoms. The molecule has 0 atom stereocenters. The standard InChI is InChI=1S/C15H9ClN4O4/c16-10-5-3-9(4-6-10)13-17-12(24-19-13)8-20-15(21)23-14(18-20)11-2-1-7-22-11/h1-7H,8H2. The fraction of sp³-hybridized carbons (Fsp3) is 0.0667. The molecule has 0 spiro atoms. The first-order valence-electron chi connectivity index (χ1n) is 6.89. The molecule has 0 saturated carbocycles. The minimum atomic E-state index is -0.646. The summed E-state index contributed by atoms with van der Waals surface area (Å²) in [6.07, 6.45) is 1.46. The Kier molecular flexibility index (Phi) is 3.51. The molecule has 4 aromatic rings. The lowest BCUT2D eigenvalue weighted by Gasteiger charge is -1.93. The van der Waals surface area contributed by atoms with Crippen LogP contribution in [0.2, 0.25) is 5.02 Å². The van der Waals surface area contributed by atoms with Crippen LogP contribution in [-0.2, 0) is 6.54 Å². The minimum Gasteiger partial charge on any atom is -0.459 e. The van der Waals surface area contributed by atoms with Gasteiger partial charge in [0.05, 0.1) is 6.26 Å². The van der Waals surface area contributed by atoms with E-state index in [1.165, 1.54) is 6.26 Å². The van der Waals surface area contributed by atoms with Gasteiger partial charge in [-0.3, -0.25) is 0 Å². The van der Waals surface area contributed by atoms with Gasteiger partial charge in [0.1, 0.15) is 6.54 Å². The second kappa shape index (κ2) is 5.82. The van der Waals surface area contributed by atoms with E-state index in [-0.39, 0.29) is 18.3 Å². The fourth-order valence-electron chi connectivity index (χ4n) is 2.07. The van der Waals surface area contributed by atoms with Crippen LogP contribution < -0.4 is 5.76 Å². The quantitative estimate of drug-likeness (QED) is 0.561. The van der Waals surface area contributed by atoms with E-state index in [1.54, 1.807) is 36.4 Å². The van der Waals surface area contributed by atoms with Crippen molar-refractivity contribution < 1.29 is 13.4 Å². The zero-order valence-electron chi connectivity index (χ0n) is 12.0. The molecule has 0 radical (unpaired) electrons. The molecule has 8 nitrogen and oxygen atoms in total. The molecule has 0 unspecified atom stereocenters. The van der Waals surface area contributed by atoms with Gasteiger partial charge in [-0.1, -0.05) is 16.8 Å². The molecular formula is C15H9ClN4O4. The SMILES string of the molecule is O=c1oc(-c2ccco2)nn1Cc1nc(-c2ccc(Cl)cc2)no1. The summed E-state index contributed by atoms with van der Waals surface area (Å²) in [5.74, 6) is 0.416. The normalized spacial score (nSPS) is 11.0. The number of benzene rings is 1. The molecule has 120 valence electrons. The average molecular weight is 345 g/mol. The van der Waals surface area contributed by atoms with Crippen LogP contribution in [0.4, 0.5) is 0 Å². The summed E-state index contributed by atoms with van der Waals surface area (Å²) in [6.45, 7) is -0.0103. The van der Waals surface area contributed by atoms with Crippen LogP contribution in [-0.4, -0.2) is 19.9 Å². The number of hydrogen-bond donors (Lipinski definition) is 0. The molecule has 0 aliphatic carbocycles. The van der Waals surface area contributed by atoms with Crippen molar-refractivity contribution in [3.63, 3.8) is 0 Å². The molecule has 3 heterocycles. The topological polar surface area (TPSA) is 100 Å². The Bertz CT molecular complexity index is 1010. The van der Waals surface area contributed by atoms with Crippen LogP contribution in [0.15, 0.2) is 60.8 Å². The minimum absolute atomic E-state index is 0.0103. The number of halogens is 1. The third-order valence-electron chi connectivity index (χ3n) is 3.19. The molecule has 3 aromatic heterocycles. The Hall–Kier alpha value is -3.13. The maximum Gasteiger partial charge on any atom is 0.437 e. The van der Waals surface area contributed by atoms with Gasteiger partial charge >= 0.3 is 5.76 Å². The van der Waals surface area contributed by atoms with Crippen molar-refractivity contribution in [1.82, 2.24) is 19.9 Å². The van der Waals surface area contributed by atoms with Crippen LogP contribution in [0, 0.1) is 0 Å². The second-order valence-electron chi connectivity index (χ2n) is 4.83. The second-order valence-corrected chi connectivity index (χ2v) is 5.26. The highest BCUT2D eigenvalue weighted by Gasteiger charge is 2.16. The summed E-state index contributed by atoms with van der Waals surface area (Å²) in [5.41, 5.74) is 0.748. The lowest BCUT2D eigenvalue weighted by Crippen LogP contribution is -2.16. The third kappa shape index (κ3) is 2.74. The average Bonchev–Trinajstić information content (AvgIpc) is 3.31. The highest BCUT2D eigenvalue weighted by molar-refractivity contribution is 6.30. The van der Waals surface area contributed by atoms with E-state index in [1.807, 2.05) is 0 Å². The number of hydrogen-bond acceptors (Lipinski definition) is 7. The summed E-state index contributed by atoms with van der Waals surface area (Å²) in [6, 6.07) is 10.3. The lowest BCUT2D eigenvalue weighted by atomic mass is 10.2. The van der Waals surface area contributed by atoms with Gasteiger partial charge in [0.2, 0.25) is 11.7 Å². The van der Waals surface area contributed by atoms with E-state index in [4.69, 9.17) is 25.0 Å². The van der Waals surface area contributed by atoms with E-state index < -0.39 is 5.76 Å². The Morgan fingerprint density at radius 1 is 1.17 bits per heavy atom. The smallest absolute Gasteiger partial charge is 0.437 e. The van der Waals surface area contributed by atoms with Gasteiger partial charge in [0.15, 0.2) is 5.76 Å². The van der Waals surface area contributed by atoms with Gasteiger partial charge in [-0.25, -0.2) is 4.79 Å². The highest BCUT2D eigenvalue weighted by atomic mass is 35.5. The zero-order valence-corrected chi connectivity index (χ0v) is 12.8. The van der Waals surface area contributed by atoms with Gasteiger partial charge in [-0.15, -0.1) is 5.10 Å². The van der Waals surface area contributed by atoms with Crippen molar-refractivity contribution in [2.75, 3.05) is 0 Å². The number of aromatic nitrogens is 4. The first kappa shape index (κ1) is 14.5. The van der Waals surface area contributed by atoms with Crippen LogP contribution in [0.5, 0.6) is 0 Å². The summed E-state index contributed by atoms with van der Waals surface area (Å²) in [5, 5.41) is 8.53. The number of furan rings is 1. The van der Waals surface area contributed by atoms with E-state index >= 15 is 0 Å². The monoisotopic (exact) mass is 344 g/mol. The van der Waals surface area contributed by atoms with Gasteiger partial charge in [0, 0.05) is 10.6 Å². The molecule has 0 bridgehead atoms. The first-order chi connectivity index (χ1) is 11.7. The molecular weight excluding hydrogens is 336 g/mol. The summed E-state index contributed by atoms with van der Waals surface area (Å²) >= 11 is 5.85. The largest absolute Gasteiger partial charge is 0.459 e. The number of rotatable bonds is 4. The first-order valence-corrected chi connectivity index (χ1v) is 7.27. The predicted octanol–water partition coefficient (Wildman–Crippen LogP) is 2.85. The molecule has 0 N–H and O–H groups in total. The zero-order chi connectivity index (χ0) is 16.5. The third-order valence-corrected chi connectivity index (χ3v) is 3.45. The highest BCUT2D eigenvalue weighted by Crippen LogP contribution is 2.19. The van der Waals surface area contributed by atoms with Crippen LogP contribution in [0.1, 0.15) is 5.89 Å². The molecule has 0 fully saturated rings. The van der Waals surface area contributed by atoms with Crippen molar-refractivity contribution in [3.05, 3.63) is 64.1 Å². The van der Waals surface area contributed by atoms with Crippen LogP contribution in [0.3, 0.4) is 0 Å². The van der Waals surface area contributed by atoms with Crippen LogP contribution in [0.25, 0.3) is 23.0 Å². The lowest BCUT2D eigenvalue weighted by molar-refractivity contribution is 0.360. The van der Waals surface area contributed by atoms with Gasteiger partial charge in [0.25, 0.3) is 5.89 Å². The van der Waals surface area contributed by atoms with Crippen molar-refractivity contribution in [1.29, 1.82) is 0 Å². The fourth-order valence-corrected chi connectivity index (χ4v) is 2.20. The summed E-state index contributed by atoms with van der Waals surface area (Å²) < 4.78 is 16.4. The Balaban J connectivity index is 1.58. The van der Waals surface area contributed by atoms with Crippen molar-refractivity contribution >= 4 is 11.6 Å². The Morgan fingerprint density at radius 3 is 2.75 bits per heavy atom.